The van der Waals surface area contributed by atoms with Crippen LogP contribution in [0.5, 0.6) is 0 Å². The molecule has 1 aliphatic carbocycles. The van der Waals surface area contributed by atoms with Gasteiger partial charge in [-0.05, 0) is 32.6 Å². The maximum absolute atomic E-state index is 12.3. The van der Waals surface area contributed by atoms with Crippen molar-refractivity contribution in [2.24, 2.45) is 0 Å². The summed E-state index contributed by atoms with van der Waals surface area (Å²) >= 11 is 0. The van der Waals surface area contributed by atoms with Gasteiger partial charge in [0.2, 0.25) is 5.91 Å². The first kappa shape index (κ1) is 14.3. The van der Waals surface area contributed by atoms with E-state index in [4.69, 9.17) is 5.26 Å². The average Bonchev–Trinajstić information content (AvgIpc) is 3.03. The third-order valence-electron chi connectivity index (χ3n) is 4.58. The first-order chi connectivity index (χ1) is 9.12. The van der Waals surface area contributed by atoms with Crippen molar-refractivity contribution in [2.75, 3.05) is 13.2 Å². The number of carbonyl (C=O) groups is 1. The Labute approximate surface area is 114 Å². The summed E-state index contributed by atoms with van der Waals surface area (Å²) < 4.78 is 0. The molecule has 1 saturated carbocycles. The van der Waals surface area contributed by atoms with E-state index in [9.17, 15) is 9.90 Å². The summed E-state index contributed by atoms with van der Waals surface area (Å²) in [6, 6.07) is 2.07. The van der Waals surface area contributed by atoms with Crippen LogP contribution in [0.4, 0.5) is 0 Å². The monoisotopic (exact) mass is 265 g/mol. The van der Waals surface area contributed by atoms with Crippen LogP contribution in [0.3, 0.4) is 0 Å². The molecule has 0 bridgehead atoms. The summed E-state index contributed by atoms with van der Waals surface area (Å²) in [7, 11) is 0. The van der Waals surface area contributed by atoms with E-state index in [1.165, 1.54) is 0 Å². The molecule has 5 nitrogen and oxygen atoms in total. The van der Waals surface area contributed by atoms with Crippen LogP contribution < -0.4 is 5.32 Å². The third-order valence-corrected chi connectivity index (χ3v) is 4.58. The van der Waals surface area contributed by atoms with Crippen molar-refractivity contribution in [3.05, 3.63) is 0 Å². The van der Waals surface area contributed by atoms with Crippen LogP contribution in [-0.4, -0.2) is 46.7 Å². The third kappa shape index (κ3) is 2.90. The molecular weight excluding hydrogens is 242 g/mol. The molecule has 106 valence electrons. The summed E-state index contributed by atoms with van der Waals surface area (Å²) in [5, 5.41) is 21.8. The van der Waals surface area contributed by atoms with E-state index in [0.29, 0.717) is 0 Å². The first-order valence-electron chi connectivity index (χ1n) is 7.18. The Morgan fingerprint density at radius 3 is 2.74 bits per heavy atom. The van der Waals surface area contributed by atoms with E-state index in [0.717, 1.165) is 38.5 Å². The lowest BCUT2D eigenvalue weighted by atomic mass is 9.99. The normalized spacial score (nSPS) is 29.4. The van der Waals surface area contributed by atoms with E-state index < -0.39 is 0 Å². The van der Waals surface area contributed by atoms with Crippen molar-refractivity contribution in [1.82, 2.24) is 10.2 Å². The molecule has 0 radical (unpaired) electrons. The molecule has 0 unspecified atom stereocenters. The Kier molecular flexibility index (Phi) is 4.43. The topological polar surface area (TPSA) is 76.4 Å². The van der Waals surface area contributed by atoms with Crippen LogP contribution in [0, 0.1) is 11.3 Å². The zero-order valence-corrected chi connectivity index (χ0v) is 11.6. The zero-order chi connectivity index (χ0) is 13.9. The van der Waals surface area contributed by atoms with Crippen LogP contribution >= 0.6 is 0 Å². The van der Waals surface area contributed by atoms with Crippen molar-refractivity contribution in [3.8, 4) is 6.07 Å². The minimum atomic E-state index is -0.280. The lowest BCUT2D eigenvalue weighted by molar-refractivity contribution is -0.132. The second kappa shape index (κ2) is 5.89. The molecule has 1 saturated heterocycles. The number of hydrogen-bond donors (Lipinski definition) is 2. The fourth-order valence-electron chi connectivity index (χ4n) is 3.33. The van der Waals surface area contributed by atoms with Gasteiger partial charge in [0.15, 0.2) is 0 Å². The van der Waals surface area contributed by atoms with Crippen molar-refractivity contribution < 1.29 is 9.90 Å². The summed E-state index contributed by atoms with van der Waals surface area (Å²) in [5.41, 5.74) is -0.277. The zero-order valence-electron chi connectivity index (χ0n) is 11.6. The van der Waals surface area contributed by atoms with E-state index in [2.05, 4.69) is 11.4 Å². The number of carbonyl (C=O) groups excluding carboxylic acids is 1. The maximum atomic E-state index is 12.3. The molecule has 2 rings (SSSR count). The van der Waals surface area contributed by atoms with E-state index in [1.807, 2.05) is 6.92 Å². The van der Waals surface area contributed by atoms with Crippen molar-refractivity contribution in [1.29, 1.82) is 5.26 Å². The van der Waals surface area contributed by atoms with E-state index >= 15 is 0 Å². The lowest BCUT2D eigenvalue weighted by Crippen LogP contribution is -2.52. The smallest absolute Gasteiger partial charge is 0.237 e. The summed E-state index contributed by atoms with van der Waals surface area (Å²) in [5.74, 6) is -0.0173. The summed E-state index contributed by atoms with van der Waals surface area (Å²) in [4.78, 5) is 14.0. The van der Waals surface area contributed by atoms with Gasteiger partial charge in [-0.3, -0.25) is 4.79 Å². The molecule has 0 aromatic heterocycles. The molecule has 2 fully saturated rings. The highest BCUT2D eigenvalue weighted by Gasteiger charge is 2.37. The summed E-state index contributed by atoms with van der Waals surface area (Å²) in [6.07, 6.45) is 5.72. The van der Waals surface area contributed by atoms with Gasteiger partial charge in [0, 0.05) is 11.6 Å². The molecule has 2 aliphatic rings. The highest BCUT2D eigenvalue weighted by atomic mass is 16.3. The highest BCUT2D eigenvalue weighted by molar-refractivity contribution is 5.79. The van der Waals surface area contributed by atoms with Gasteiger partial charge in [0.25, 0.3) is 0 Å². The molecule has 2 atom stereocenters. The van der Waals surface area contributed by atoms with Crippen LogP contribution in [0.15, 0.2) is 0 Å². The number of nitrogens with zero attached hydrogens (tertiary/aromatic N) is 2. The molecule has 2 N–H and O–H groups in total. The molecule has 19 heavy (non-hydrogen) atoms. The molecule has 1 aliphatic heterocycles. The fourth-order valence-corrected chi connectivity index (χ4v) is 3.33. The minimum Gasteiger partial charge on any atom is -0.394 e. The van der Waals surface area contributed by atoms with E-state index in [1.54, 1.807) is 4.90 Å². The Bertz CT molecular complexity index is 371. The Hall–Kier alpha value is -1.12. The molecule has 0 spiro atoms. The van der Waals surface area contributed by atoms with Crippen LogP contribution in [-0.2, 0) is 4.79 Å². The standard InChI is InChI=1S/C14H23N3O2/c1-11-4-5-12(8-15)17(11)13(19)9-16-14(10-18)6-2-3-7-14/h11-12,16,18H,2-7,9-10H2,1H3/t11-,12+/m1/s1. The fraction of sp³-hybridized carbons (Fsp3) is 0.857. The number of aliphatic hydroxyl groups is 1. The lowest BCUT2D eigenvalue weighted by Gasteiger charge is -2.30. The van der Waals surface area contributed by atoms with Gasteiger partial charge in [0.05, 0.1) is 19.2 Å². The Morgan fingerprint density at radius 2 is 2.16 bits per heavy atom. The number of aliphatic hydroxyl groups excluding tert-OH is 1. The van der Waals surface area contributed by atoms with Crippen molar-refractivity contribution >= 4 is 5.91 Å². The largest absolute Gasteiger partial charge is 0.394 e. The van der Waals surface area contributed by atoms with Crippen LogP contribution in [0.1, 0.15) is 45.4 Å². The predicted molar refractivity (Wildman–Crippen MR) is 71.2 cm³/mol. The predicted octanol–water partition coefficient (Wildman–Crippen LogP) is 0.784. The van der Waals surface area contributed by atoms with Crippen molar-refractivity contribution in [2.45, 2.75) is 63.1 Å². The molecule has 0 aromatic carbocycles. The molecule has 1 heterocycles. The SMILES string of the molecule is C[C@@H]1CC[C@@H](C#N)N1C(=O)CNC1(CO)CCCC1. The molecular formula is C14H23N3O2. The van der Waals surface area contributed by atoms with Crippen LogP contribution in [0.2, 0.25) is 0 Å². The van der Waals surface area contributed by atoms with Gasteiger partial charge in [-0.1, -0.05) is 12.8 Å². The number of nitrogens with one attached hydrogen (secondary N) is 1. The first-order valence-corrected chi connectivity index (χ1v) is 7.18. The van der Waals surface area contributed by atoms with E-state index in [-0.39, 0.29) is 36.7 Å². The average molecular weight is 265 g/mol. The van der Waals surface area contributed by atoms with Gasteiger partial charge >= 0.3 is 0 Å². The van der Waals surface area contributed by atoms with Gasteiger partial charge in [-0.2, -0.15) is 5.26 Å². The summed E-state index contributed by atoms with van der Waals surface area (Å²) in [6.45, 7) is 2.30. The van der Waals surface area contributed by atoms with Gasteiger partial charge < -0.3 is 15.3 Å². The minimum absolute atomic E-state index is 0.0173. The van der Waals surface area contributed by atoms with Crippen molar-refractivity contribution in [3.63, 3.8) is 0 Å². The second-order valence-electron chi connectivity index (χ2n) is 5.87. The Morgan fingerprint density at radius 1 is 1.47 bits per heavy atom. The van der Waals surface area contributed by atoms with Gasteiger partial charge in [-0.15, -0.1) is 0 Å². The number of likely N-dealkylation sites (tertiary alicyclic amines) is 1. The number of rotatable bonds is 4. The Balaban J connectivity index is 1.92. The number of hydrogen-bond acceptors (Lipinski definition) is 4. The highest BCUT2D eigenvalue weighted by Crippen LogP contribution is 2.29. The quantitative estimate of drug-likeness (QED) is 0.787. The number of nitriles is 1. The molecule has 0 aromatic rings. The second-order valence-corrected chi connectivity index (χ2v) is 5.87. The van der Waals surface area contributed by atoms with Gasteiger partial charge in [0.1, 0.15) is 6.04 Å². The van der Waals surface area contributed by atoms with Crippen LogP contribution in [0.25, 0.3) is 0 Å². The van der Waals surface area contributed by atoms with Gasteiger partial charge in [-0.25, -0.2) is 0 Å². The number of amides is 1. The molecule has 5 heteroatoms. The maximum Gasteiger partial charge on any atom is 0.237 e. The molecule has 1 amide bonds.